The van der Waals surface area contributed by atoms with Gasteiger partial charge in [0.25, 0.3) is 5.91 Å². The van der Waals surface area contributed by atoms with Gasteiger partial charge in [0, 0.05) is 29.8 Å². The summed E-state index contributed by atoms with van der Waals surface area (Å²) in [4.78, 5) is 35.8. The fourth-order valence-corrected chi connectivity index (χ4v) is 3.27. The molecule has 2 amide bonds. The molecule has 2 fully saturated rings. The van der Waals surface area contributed by atoms with Crippen molar-refractivity contribution in [3.05, 3.63) is 27.7 Å². The molecule has 1 aromatic rings. The second kappa shape index (κ2) is 6.52. The zero-order valence-corrected chi connectivity index (χ0v) is 13.2. The molecular formula is C16H22N4O3. The quantitative estimate of drug-likeness (QED) is 0.758. The maximum atomic E-state index is 12.0. The van der Waals surface area contributed by atoms with Gasteiger partial charge in [0.05, 0.1) is 0 Å². The molecule has 7 heteroatoms. The van der Waals surface area contributed by atoms with Gasteiger partial charge in [0.1, 0.15) is 0 Å². The number of nitrogens with one attached hydrogen (secondary N) is 3. The van der Waals surface area contributed by atoms with Crippen molar-refractivity contribution >= 4 is 11.8 Å². The number of hydrogen-bond donors (Lipinski definition) is 3. The van der Waals surface area contributed by atoms with E-state index in [2.05, 4.69) is 20.8 Å². The van der Waals surface area contributed by atoms with Crippen molar-refractivity contribution in [3.8, 4) is 0 Å². The Balaban J connectivity index is 1.45. The summed E-state index contributed by atoms with van der Waals surface area (Å²) >= 11 is 0. The van der Waals surface area contributed by atoms with Gasteiger partial charge in [-0.2, -0.15) is 5.10 Å². The molecule has 3 N–H and O–H groups in total. The van der Waals surface area contributed by atoms with Crippen LogP contribution in [0.15, 0.2) is 10.9 Å². The number of hydrogen-bond acceptors (Lipinski definition) is 4. The molecule has 0 radical (unpaired) electrons. The van der Waals surface area contributed by atoms with Crippen LogP contribution in [0.1, 0.15) is 54.7 Å². The molecule has 0 unspecified atom stereocenters. The molecule has 2 saturated carbocycles. The third kappa shape index (κ3) is 3.60. The van der Waals surface area contributed by atoms with Crippen LogP contribution in [0.4, 0.5) is 0 Å². The van der Waals surface area contributed by atoms with E-state index in [1.54, 1.807) is 6.92 Å². The lowest BCUT2D eigenvalue weighted by atomic mass is 9.86. The van der Waals surface area contributed by atoms with Crippen molar-refractivity contribution in [1.82, 2.24) is 20.8 Å². The average Bonchev–Trinajstić information content (AvgIpc) is 2.98. The molecule has 0 bridgehead atoms. The van der Waals surface area contributed by atoms with E-state index in [4.69, 9.17) is 0 Å². The van der Waals surface area contributed by atoms with Crippen molar-refractivity contribution in [3.63, 3.8) is 0 Å². The lowest BCUT2D eigenvalue weighted by Gasteiger charge is -2.36. The van der Waals surface area contributed by atoms with Crippen LogP contribution in [-0.4, -0.2) is 34.1 Å². The normalized spacial score (nSPS) is 24.0. The minimum absolute atomic E-state index is 0.0149. The first kappa shape index (κ1) is 15.7. The second-order valence-corrected chi connectivity index (χ2v) is 6.59. The summed E-state index contributed by atoms with van der Waals surface area (Å²) in [5.41, 5.74) is 0.114. The van der Waals surface area contributed by atoms with Crippen LogP contribution in [-0.2, 0) is 4.79 Å². The second-order valence-electron chi connectivity index (χ2n) is 6.59. The summed E-state index contributed by atoms with van der Waals surface area (Å²) in [5, 5.41) is 12.3. The first-order valence-corrected chi connectivity index (χ1v) is 8.20. The lowest BCUT2D eigenvalue weighted by Crippen LogP contribution is -2.55. The highest BCUT2D eigenvalue weighted by Crippen LogP contribution is 2.26. The number of amides is 2. The summed E-state index contributed by atoms with van der Waals surface area (Å²) in [5.74, 6) is -0.148. The van der Waals surface area contributed by atoms with Crippen molar-refractivity contribution in [1.29, 1.82) is 0 Å². The number of rotatable bonds is 4. The van der Waals surface area contributed by atoms with Gasteiger partial charge in [-0.25, -0.2) is 0 Å². The summed E-state index contributed by atoms with van der Waals surface area (Å²) in [6, 6.07) is 1.46. The Bertz CT molecular complexity index is 658. The molecule has 124 valence electrons. The van der Waals surface area contributed by atoms with Gasteiger partial charge in [-0.15, -0.1) is 0 Å². The molecule has 1 heterocycles. The van der Waals surface area contributed by atoms with E-state index < -0.39 is 5.91 Å². The van der Waals surface area contributed by atoms with E-state index in [1.165, 1.54) is 6.07 Å². The van der Waals surface area contributed by atoms with E-state index in [1.807, 2.05) is 0 Å². The molecule has 1 aromatic heterocycles. The molecule has 0 atom stereocenters. The molecule has 0 spiro atoms. The number of aromatic nitrogens is 2. The Labute approximate surface area is 134 Å². The Kier molecular flexibility index (Phi) is 4.45. The third-order valence-corrected chi connectivity index (χ3v) is 4.69. The smallest absolute Gasteiger partial charge is 0.276 e. The zero-order chi connectivity index (χ0) is 16.4. The van der Waals surface area contributed by atoms with Gasteiger partial charge in [-0.05, 0) is 32.6 Å². The number of carbonyl (C=O) groups excluding carboxylic acids is 2. The van der Waals surface area contributed by atoms with Crippen LogP contribution in [0.3, 0.4) is 0 Å². The van der Waals surface area contributed by atoms with Gasteiger partial charge in [-0.1, -0.05) is 12.8 Å². The monoisotopic (exact) mass is 318 g/mol. The summed E-state index contributed by atoms with van der Waals surface area (Å²) in [7, 11) is 0. The minimum atomic E-state index is -0.461. The predicted molar refractivity (Wildman–Crippen MR) is 84.0 cm³/mol. The molecule has 7 nitrogen and oxygen atoms in total. The first-order chi connectivity index (χ1) is 11.0. The van der Waals surface area contributed by atoms with E-state index in [9.17, 15) is 14.4 Å². The molecule has 2 aliphatic rings. The number of H-pyrrole nitrogens is 1. The first-order valence-electron chi connectivity index (χ1n) is 8.20. The summed E-state index contributed by atoms with van der Waals surface area (Å²) in [6.45, 7) is 1.71. The average molecular weight is 318 g/mol. The van der Waals surface area contributed by atoms with Gasteiger partial charge < -0.3 is 10.6 Å². The van der Waals surface area contributed by atoms with E-state index in [-0.39, 0.29) is 35.0 Å². The van der Waals surface area contributed by atoms with E-state index >= 15 is 0 Å². The van der Waals surface area contributed by atoms with Crippen LogP contribution in [0, 0.1) is 12.8 Å². The third-order valence-electron chi connectivity index (χ3n) is 4.69. The molecule has 0 saturated heterocycles. The topological polar surface area (TPSA) is 104 Å². The predicted octanol–water partition coefficient (Wildman–Crippen LogP) is 0.646. The van der Waals surface area contributed by atoms with Crippen molar-refractivity contribution in [2.75, 3.05) is 0 Å². The van der Waals surface area contributed by atoms with Gasteiger partial charge in [-0.3, -0.25) is 19.5 Å². The maximum Gasteiger partial charge on any atom is 0.276 e. The number of aryl methyl sites for hydroxylation is 1. The maximum absolute atomic E-state index is 12.0. The fraction of sp³-hybridized carbons (Fsp3) is 0.625. The van der Waals surface area contributed by atoms with Crippen molar-refractivity contribution in [2.45, 2.75) is 57.5 Å². The highest BCUT2D eigenvalue weighted by Gasteiger charge is 2.34. The Morgan fingerprint density at radius 3 is 2.48 bits per heavy atom. The largest absolute Gasteiger partial charge is 0.353 e. The van der Waals surface area contributed by atoms with Crippen LogP contribution in [0.2, 0.25) is 0 Å². The number of carbonyl (C=O) groups is 2. The van der Waals surface area contributed by atoms with Crippen molar-refractivity contribution < 1.29 is 9.59 Å². The molecular weight excluding hydrogens is 296 g/mol. The summed E-state index contributed by atoms with van der Waals surface area (Å²) in [6.07, 6.45) is 5.65. The van der Waals surface area contributed by atoms with Gasteiger partial charge in [0.2, 0.25) is 11.3 Å². The van der Waals surface area contributed by atoms with Crippen LogP contribution in [0.5, 0.6) is 0 Å². The van der Waals surface area contributed by atoms with Crippen molar-refractivity contribution in [2.24, 2.45) is 5.92 Å². The highest BCUT2D eigenvalue weighted by molar-refractivity contribution is 5.92. The van der Waals surface area contributed by atoms with Crippen LogP contribution >= 0.6 is 0 Å². The Morgan fingerprint density at radius 1 is 1.17 bits per heavy atom. The Morgan fingerprint density at radius 2 is 1.83 bits per heavy atom. The zero-order valence-electron chi connectivity index (χ0n) is 13.2. The van der Waals surface area contributed by atoms with E-state index in [0.717, 1.165) is 25.7 Å². The fourth-order valence-electron chi connectivity index (χ4n) is 3.27. The Hall–Kier alpha value is -2.18. The number of nitrogens with zero attached hydrogens (tertiary/aromatic N) is 1. The van der Waals surface area contributed by atoms with Crippen LogP contribution < -0.4 is 16.1 Å². The molecule has 0 aromatic carbocycles. The van der Waals surface area contributed by atoms with Gasteiger partial charge >= 0.3 is 0 Å². The SMILES string of the molecule is Cc1cc(=O)c(C(=O)NC2CC(NC(=O)C3CCCC3)C2)n[nH]1. The van der Waals surface area contributed by atoms with E-state index in [0.29, 0.717) is 18.5 Å². The molecule has 2 aliphatic carbocycles. The number of aromatic amines is 1. The van der Waals surface area contributed by atoms with Crippen LogP contribution in [0.25, 0.3) is 0 Å². The van der Waals surface area contributed by atoms with Gasteiger partial charge in [0.15, 0.2) is 5.69 Å². The molecule has 0 aliphatic heterocycles. The summed E-state index contributed by atoms with van der Waals surface area (Å²) < 4.78 is 0. The highest BCUT2D eigenvalue weighted by atomic mass is 16.2. The lowest BCUT2D eigenvalue weighted by molar-refractivity contribution is -0.126. The standard InChI is InChI=1S/C16H22N4O3/c1-9-6-13(21)14(20-19-9)16(23)18-12-7-11(8-12)17-15(22)10-4-2-3-5-10/h6,10-12H,2-5,7-8H2,1H3,(H,17,22)(H,18,23)(H,19,21). The molecule has 3 rings (SSSR count). The molecule has 23 heavy (non-hydrogen) atoms. The minimum Gasteiger partial charge on any atom is -0.353 e.